The highest BCUT2D eigenvalue weighted by Gasteiger charge is 2.36. The smallest absolute Gasteiger partial charge is 0.414 e. The average molecular weight is 525 g/mol. The molecule has 2 aliphatic rings. The Morgan fingerprint density at radius 2 is 1.53 bits per heavy atom. The summed E-state index contributed by atoms with van der Waals surface area (Å²) in [6, 6.07) is 6.73. The van der Waals surface area contributed by atoms with E-state index in [1.807, 2.05) is 6.92 Å². The molecule has 2 saturated heterocycles. The lowest BCUT2D eigenvalue weighted by Crippen LogP contribution is -2.52. The number of rotatable bonds is 4. The zero-order chi connectivity index (χ0) is 28.1. The molecule has 38 heavy (non-hydrogen) atoms. The molecule has 1 aromatic carbocycles. The van der Waals surface area contributed by atoms with Gasteiger partial charge in [0.1, 0.15) is 0 Å². The Labute approximate surface area is 223 Å². The first-order chi connectivity index (χ1) is 17.9. The molecular formula is C28H36N4O6. The molecule has 0 aliphatic carbocycles. The van der Waals surface area contributed by atoms with Crippen LogP contribution < -0.4 is 0 Å². The van der Waals surface area contributed by atoms with Gasteiger partial charge >= 0.3 is 12.2 Å². The van der Waals surface area contributed by atoms with Gasteiger partial charge < -0.3 is 24.2 Å². The van der Waals surface area contributed by atoms with E-state index in [0.29, 0.717) is 48.7 Å². The summed E-state index contributed by atoms with van der Waals surface area (Å²) >= 11 is 0. The van der Waals surface area contributed by atoms with Crippen LogP contribution in [-0.4, -0.2) is 95.6 Å². The Balaban J connectivity index is 1.79. The van der Waals surface area contributed by atoms with Crippen molar-refractivity contribution in [1.82, 2.24) is 19.6 Å². The van der Waals surface area contributed by atoms with Gasteiger partial charge in [-0.15, -0.1) is 0 Å². The van der Waals surface area contributed by atoms with E-state index in [1.54, 1.807) is 58.9 Å². The predicted molar refractivity (Wildman–Crippen MR) is 143 cm³/mol. The molecule has 4 amide bonds. The summed E-state index contributed by atoms with van der Waals surface area (Å²) in [6.45, 7) is 17.0. The van der Waals surface area contributed by atoms with Crippen LogP contribution in [-0.2, 0) is 14.3 Å². The molecule has 204 valence electrons. The third kappa shape index (κ3) is 6.24. The molecule has 2 aliphatic heterocycles. The fourth-order valence-corrected chi connectivity index (χ4v) is 4.57. The quantitative estimate of drug-likeness (QED) is 0.595. The highest BCUT2D eigenvalue weighted by atomic mass is 16.6. The van der Waals surface area contributed by atoms with Crippen LogP contribution in [0.15, 0.2) is 54.9 Å². The summed E-state index contributed by atoms with van der Waals surface area (Å²) < 4.78 is 10.2. The minimum absolute atomic E-state index is 0.126. The number of allylic oxidation sites excluding steroid dienone is 2. The second-order valence-corrected chi connectivity index (χ2v) is 9.61. The average Bonchev–Trinajstić information content (AvgIpc) is 2.88. The predicted octanol–water partition coefficient (Wildman–Crippen LogP) is 3.72. The van der Waals surface area contributed by atoms with E-state index in [2.05, 4.69) is 13.2 Å². The third-order valence-corrected chi connectivity index (χ3v) is 6.47. The molecule has 1 aromatic rings. The minimum Gasteiger partial charge on any atom is -0.453 e. The van der Waals surface area contributed by atoms with E-state index >= 15 is 0 Å². The molecule has 1 unspecified atom stereocenters. The standard InChI is InChI=1S/C28H36N4O6/c1-18(2)38-28(36)31-17-20(4)32(22(6)33)21(5)25(31)16-19(3)23-8-10-24(11-9-23)26(34)29-12-14-30(15-13-29)27(35)37-7/h8-11,16,18,20H,3,5,12-15,17H2,1-2,4,6-7H3/b25-16+. The van der Waals surface area contributed by atoms with Crippen LogP contribution in [0.3, 0.4) is 0 Å². The second kappa shape index (κ2) is 12.0. The maximum absolute atomic E-state index is 13.0. The molecule has 0 aromatic heterocycles. The molecule has 0 bridgehead atoms. The molecule has 10 nitrogen and oxygen atoms in total. The van der Waals surface area contributed by atoms with Crippen LogP contribution in [0.5, 0.6) is 0 Å². The van der Waals surface area contributed by atoms with Crippen LogP contribution in [0.4, 0.5) is 9.59 Å². The van der Waals surface area contributed by atoms with E-state index in [9.17, 15) is 19.2 Å². The topological polar surface area (TPSA) is 99.7 Å². The molecule has 10 heteroatoms. The number of carbonyl (C=O) groups excluding carboxylic acids is 4. The van der Waals surface area contributed by atoms with E-state index in [-0.39, 0.29) is 30.5 Å². The van der Waals surface area contributed by atoms with Crippen molar-refractivity contribution in [3.63, 3.8) is 0 Å². The van der Waals surface area contributed by atoms with Crippen LogP contribution >= 0.6 is 0 Å². The summed E-state index contributed by atoms with van der Waals surface area (Å²) in [4.78, 5) is 56.1. The van der Waals surface area contributed by atoms with Crippen LogP contribution in [0.1, 0.15) is 43.6 Å². The molecule has 0 saturated carbocycles. The van der Waals surface area contributed by atoms with E-state index in [4.69, 9.17) is 9.47 Å². The maximum Gasteiger partial charge on any atom is 0.414 e. The lowest BCUT2D eigenvalue weighted by Gasteiger charge is -2.42. The lowest BCUT2D eigenvalue weighted by molar-refractivity contribution is -0.129. The summed E-state index contributed by atoms with van der Waals surface area (Å²) in [5.74, 6) is -0.300. The van der Waals surface area contributed by atoms with Gasteiger partial charge in [0.25, 0.3) is 5.91 Å². The third-order valence-electron chi connectivity index (χ3n) is 6.47. The van der Waals surface area contributed by atoms with Gasteiger partial charge in [-0.1, -0.05) is 25.3 Å². The minimum atomic E-state index is -0.525. The van der Waals surface area contributed by atoms with Gasteiger partial charge in [-0.25, -0.2) is 9.59 Å². The fourth-order valence-electron chi connectivity index (χ4n) is 4.57. The van der Waals surface area contributed by atoms with Gasteiger partial charge in [0, 0.05) is 45.2 Å². The molecule has 3 rings (SSSR count). The van der Waals surface area contributed by atoms with Crippen LogP contribution in [0.25, 0.3) is 5.57 Å². The number of piperazine rings is 2. The highest BCUT2D eigenvalue weighted by molar-refractivity contribution is 5.95. The first kappa shape index (κ1) is 28.5. The number of methoxy groups -OCH3 is 1. The molecule has 1 atom stereocenters. The Kier molecular flexibility index (Phi) is 8.98. The van der Waals surface area contributed by atoms with Gasteiger partial charge in [-0.2, -0.15) is 0 Å². The molecule has 2 heterocycles. The molecule has 2 fully saturated rings. The van der Waals surface area contributed by atoms with Crippen molar-refractivity contribution >= 4 is 29.6 Å². The van der Waals surface area contributed by atoms with Gasteiger partial charge in [0.15, 0.2) is 0 Å². The van der Waals surface area contributed by atoms with Crippen molar-refractivity contribution in [2.24, 2.45) is 0 Å². The van der Waals surface area contributed by atoms with E-state index in [1.165, 1.54) is 18.9 Å². The molecule has 0 spiro atoms. The Morgan fingerprint density at radius 1 is 0.974 bits per heavy atom. The number of carbonyl (C=O) groups is 4. The molecule has 0 radical (unpaired) electrons. The highest BCUT2D eigenvalue weighted by Crippen LogP contribution is 2.31. The first-order valence-electron chi connectivity index (χ1n) is 12.5. The summed E-state index contributed by atoms with van der Waals surface area (Å²) in [5, 5.41) is 0. The largest absolute Gasteiger partial charge is 0.453 e. The van der Waals surface area contributed by atoms with Crippen molar-refractivity contribution in [2.45, 2.75) is 39.8 Å². The Hall–Kier alpha value is -4.08. The van der Waals surface area contributed by atoms with Gasteiger partial charge in [0.2, 0.25) is 5.91 Å². The Morgan fingerprint density at radius 3 is 2.05 bits per heavy atom. The monoisotopic (exact) mass is 524 g/mol. The summed E-state index contributed by atoms with van der Waals surface area (Å²) in [7, 11) is 1.34. The summed E-state index contributed by atoms with van der Waals surface area (Å²) in [6.07, 6.45) is 0.472. The lowest BCUT2D eigenvalue weighted by atomic mass is 10.0. The van der Waals surface area contributed by atoms with Gasteiger partial charge in [0.05, 0.1) is 30.6 Å². The maximum atomic E-state index is 13.0. The van der Waals surface area contributed by atoms with Crippen molar-refractivity contribution in [3.05, 3.63) is 66.0 Å². The second-order valence-electron chi connectivity index (χ2n) is 9.61. The van der Waals surface area contributed by atoms with E-state index < -0.39 is 12.2 Å². The van der Waals surface area contributed by atoms with Gasteiger partial charge in [-0.3, -0.25) is 14.5 Å². The molecular weight excluding hydrogens is 488 g/mol. The summed E-state index contributed by atoms with van der Waals surface area (Å²) in [5.41, 5.74) is 2.64. The zero-order valence-electron chi connectivity index (χ0n) is 22.7. The SMILES string of the molecule is C=C(/C=C1\C(=C)N(C(C)=O)C(C)CN1C(=O)OC(C)C)c1ccc(C(=O)N2CCN(C(=O)OC)CC2)cc1. The van der Waals surface area contributed by atoms with Crippen LogP contribution in [0.2, 0.25) is 0 Å². The molecule has 0 N–H and O–H groups in total. The first-order valence-corrected chi connectivity index (χ1v) is 12.5. The number of nitrogens with zero attached hydrogens (tertiary/aromatic N) is 4. The number of amides is 4. The van der Waals surface area contributed by atoms with Crippen molar-refractivity contribution in [2.75, 3.05) is 39.8 Å². The van der Waals surface area contributed by atoms with Crippen LogP contribution in [0, 0.1) is 0 Å². The zero-order valence-corrected chi connectivity index (χ0v) is 22.7. The van der Waals surface area contributed by atoms with Gasteiger partial charge in [-0.05, 0) is 50.1 Å². The Bertz CT molecular complexity index is 1150. The van der Waals surface area contributed by atoms with Crippen molar-refractivity contribution in [1.29, 1.82) is 0 Å². The van der Waals surface area contributed by atoms with Crippen molar-refractivity contribution in [3.8, 4) is 0 Å². The number of hydrogen-bond acceptors (Lipinski definition) is 6. The number of benzene rings is 1. The van der Waals surface area contributed by atoms with Crippen molar-refractivity contribution < 1.29 is 28.7 Å². The fraction of sp³-hybridized carbons (Fsp3) is 0.429. The normalized spacial score (nSPS) is 19.1. The number of hydrogen-bond donors (Lipinski definition) is 0. The van der Waals surface area contributed by atoms with E-state index in [0.717, 1.165) is 5.56 Å². The number of ether oxygens (including phenoxy) is 2.